The van der Waals surface area contributed by atoms with Gasteiger partial charge in [0.2, 0.25) is 5.91 Å². The number of hydrogen-bond acceptors (Lipinski definition) is 5. The van der Waals surface area contributed by atoms with Gasteiger partial charge in [0.15, 0.2) is 0 Å². The van der Waals surface area contributed by atoms with Crippen LogP contribution in [0.25, 0.3) is 0 Å². The second-order valence-electron chi connectivity index (χ2n) is 26.0. The fourth-order valence-corrected chi connectivity index (χ4v) is 11.9. The predicted molar refractivity (Wildman–Crippen MR) is 366 cm³/mol. The van der Waals surface area contributed by atoms with Crippen molar-refractivity contribution in [1.82, 2.24) is 5.32 Å². The number of rotatable bonds is 71. The van der Waals surface area contributed by atoms with Gasteiger partial charge in [-0.25, -0.2) is 0 Å². The quantitative estimate of drug-likeness (QED) is 0.0320. The number of aliphatic hydroxyl groups excluding tert-OH is 2. The highest BCUT2D eigenvalue weighted by Crippen LogP contribution is 2.19. The molecule has 6 heteroatoms. The molecule has 0 aromatic rings. The number of unbranched alkanes of at least 4 members (excludes halogenated alkanes) is 56. The maximum Gasteiger partial charge on any atom is 0.305 e. The van der Waals surface area contributed by atoms with Crippen LogP contribution in [0.3, 0.4) is 0 Å². The number of ether oxygens (including phenoxy) is 1. The Hall–Kier alpha value is -1.92. The van der Waals surface area contributed by atoms with E-state index in [4.69, 9.17) is 4.74 Å². The first-order chi connectivity index (χ1) is 41.0. The van der Waals surface area contributed by atoms with Gasteiger partial charge in [-0.05, 0) is 64.2 Å². The van der Waals surface area contributed by atoms with Gasteiger partial charge in [0.05, 0.1) is 25.4 Å². The Morgan fingerprint density at radius 3 is 0.916 bits per heavy atom. The van der Waals surface area contributed by atoms with E-state index >= 15 is 0 Å². The molecule has 0 aromatic heterocycles. The van der Waals surface area contributed by atoms with Crippen molar-refractivity contribution in [2.24, 2.45) is 0 Å². The highest BCUT2D eigenvalue weighted by atomic mass is 16.5. The largest absolute Gasteiger partial charge is 0.466 e. The highest BCUT2D eigenvalue weighted by molar-refractivity contribution is 5.76. The second kappa shape index (κ2) is 72.6. The Kier molecular flexibility index (Phi) is 70.9. The van der Waals surface area contributed by atoms with Gasteiger partial charge in [-0.3, -0.25) is 9.59 Å². The summed E-state index contributed by atoms with van der Waals surface area (Å²) < 4.78 is 5.49. The number of hydrogen-bond donors (Lipinski definition) is 3. The van der Waals surface area contributed by atoms with Gasteiger partial charge in [0.25, 0.3) is 0 Å². The number of carbonyl (C=O) groups is 2. The lowest BCUT2D eigenvalue weighted by molar-refractivity contribution is -0.143. The molecule has 0 aromatic carbocycles. The first kappa shape index (κ1) is 81.1. The summed E-state index contributed by atoms with van der Waals surface area (Å²) in [4.78, 5) is 24.6. The van der Waals surface area contributed by atoms with Crippen molar-refractivity contribution in [2.75, 3.05) is 13.2 Å². The van der Waals surface area contributed by atoms with Crippen molar-refractivity contribution in [1.29, 1.82) is 0 Å². The van der Waals surface area contributed by atoms with Crippen LogP contribution in [-0.2, 0) is 14.3 Å². The Balaban J connectivity index is 3.43. The molecule has 2 atom stereocenters. The van der Waals surface area contributed by atoms with E-state index in [0.29, 0.717) is 19.4 Å². The van der Waals surface area contributed by atoms with Gasteiger partial charge < -0.3 is 20.3 Å². The smallest absolute Gasteiger partial charge is 0.305 e. The monoisotopic (exact) mass is 1170 g/mol. The summed E-state index contributed by atoms with van der Waals surface area (Å²) in [6.45, 7) is 4.94. The molecule has 6 nitrogen and oxygen atoms in total. The topological polar surface area (TPSA) is 95.9 Å². The molecule has 0 saturated heterocycles. The average molecular weight is 1170 g/mol. The van der Waals surface area contributed by atoms with Gasteiger partial charge in [-0.1, -0.05) is 378 Å². The molecule has 0 fully saturated rings. The SMILES string of the molecule is CCCCCCCCCCCCCCCCCCCCCCC/C=C/C(O)C(CO)NC(=O)CCCCCCCCCCCCCCC/C=C\C/C=C\CCCCCCCCCCCOC(=O)CCCCCCCCCCCCCCCC. The van der Waals surface area contributed by atoms with Crippen molar-refractivity contribution in [2.45, 2.75) is 431 Å². The average Bonchev–Trinajstić information content (AvgIpc) is 3.48. The van der Waals surface area contributed by atoms with Crippen LogP contribution < -0.4 is 5.32 Å². The molecule has 0 heterocycles. The predicted octanol–water partition coefficient (Wildman–Crippen LogP) is 24.7. The third kappa shape index (κ3) is 69.1. The molecular weight excluding hydrogens is 1020 g/mol. The maximum absolute atomic E-state index is 12.5. The van der Waals surface area contributed by atoms with Gasteiger partial charge in [-0.2, -0.15) is 0 Å². The van der Waals surface area contributed by atoms with Gasteiger partial charge >= 0.3 is 5.97 Å². The Morgan fingerprint density at radius 2 is 0.602 bits per heavy atom. The molecular formula is C77H147NO5. The molecule has 3 N–H and O–H groups in total. The summed E-state index contributed by atoms with van der Waals surface area (Å²) in [6.07, 6.45) is 93.9. The Morgan fingerprint density at radius 1 is 0.337 bits per heavy atom. The summed E-state index contributed by atoms with van der Waals surface area (Å²) in [6, 6.07) is -0.630. The standard InChI is InChI=1S/C77H147NO5/c1-3-5-7-9-11-13-15-17-19-20-21-22-30-33-36-39-42-45-49-53-57-61-65-69-75(80)74(73-79)78-76(81)70-66-62-58-54-50-46-43-40-37-34-31-28-26-24-23-25-27-29-32-35-38-41-44-48-52-56-60-64-68-72-83-77(82)71-67-63-59-55-51-47-18-16-14-12-10-8-6-4-2/h23,25,29,32,65,69,74-75,79-80H,3-22,24,26-28,30-31,33-64,66-68,70-73H2,1-2H3,(H,78,81)/b25-23-,32-29-,69-65+. The van der Waals surface area contributed by atoms with Crippen molar-refractivity contribution in [3.63, 3.8) is 0 Å². The van der Waals surface area contributed by atoms with E-state index in [1.54, 1.807) is 6.08 Å². The lowest BCUT2D eigenvalue weighted by Crippen LogP contribution is -2.45. The second-order valence-corrected chi connectivity index (χ2v) is 26.0. The van der Waals surface area contributed by atoms with E-state index in [1.165, 1.54) is 347 Å². The molecule has 2 unspecified atom stereocenters. The van der Waals surface area contributed by atoms with E-state index in [-0.39, 0.29) is 18.5 Å². The summed E-state index contributed by atoms with van der Waals surface area (Å²) in [5.74, 6) is -0.0500. The molecule has 0 aliphatic heterocycles. The van der Waals surface area contributed by atoms with Crippen LogP contribution in [0.4, 0.5) is 0 Å². The van der Waals surface area contributed by atoms with Crippen molar-refractivity contribution in [3.8, 4) is 0 Å². The van der Waals surface area contributed by atoms with Crippen LogP contribution in [0.1, 0.15) is 418 Å². The molecule has 0 bridgehead atoms. The van der Waals surface area contributed by atoms with Crippen LogP contribution in [0, 0.1) is 0 Å². The van der Waals surface area contributed by atoms with E-state index in [0.717, 1.165) is 44.9 Å². The lowest BCUT2D eigenvalue weighted by Gasteiger charge is -2.20. The number of esters is 1. The van der Waals surface area contributed by atoms with Gasteiger partial charge in [-0.15, -0.1) is 0 Å². The van der Waals surface area contributed by atoms with Crippen LogP contribution in [0.5, 0.6) is 0 Å². The minimum atomic E-state index is -0.847. The molecule has 490 valence electrons. The molecule has 0 radical (unpaired) electrons. The molecule has 0 aliphatic carbocycles. The number of carbonyl (C=O) groups excluding carboxylic acids is 2. The maximum atomic E-state index is 12.5. The van der Waals surface area contributed by atoms with Gasteiger partial charge in [0.1, 0.15) is 0 Å². The summed E-state index contributed by atoms with van der Waals surface area (Å²) in [7, 11) is 0. The fourth-order valence-electron chi connectivity index (χ4n) is 11.9. The van der Waals surface area contributed by atoms with Crippen molar-refractivity contribution >= 4 is 11.9 Å². The van der Waals surface area contributed by atoms with Crippen LogP contribution in [0.2, 0.25) is 0 Å². The summed E-state index contributed by atoms with van der Waals surface area (Å²) >= 11 is 0. The number of nitrogens with one attached hydrogen (secondary N) is 1. The lowest BCUT2D eigenvalue weighted by atomic mass is 10.0. The molecule has 0 saturated carbocycles. The molecule has 1 amide bonds. The van der Waals surface area contributed by atoms with E-state index in [2.05, 4.69) is 43.5 Å². The molecule has 0 spiro atoms. The number of aliphatic hydroxyl groups is 2. The first-order valence-corrected chi connectivity index (χ1v) is 37.8. The van der Waals surface area contributed by atoms with Gasteiger partial charge in [0, 0.05) is 12.8 Å². The molecule has 0 rings (SSSR count). The number of amides is 1. The Bertz CT molecular complexity index is 1340. The summed E-state index contributed by atoms with van der Waals surface area (Å²) in [5.41, 5.74) is 0. The fraction of sp³-hybridized carbons (Fsp3) is 0.896. The zero-order valence-corrected chi connectivity index (χ0v) is 56.2. The van der Waals surface area contributed by atoms with Crippen LogP contribution in [0.15, 0.2) is 36.5 Å². The zero-order chi connectivity index (χ0) is 59.9. The molecule has 0 aliphatic rings. The zero-order valence-electron chi connectivity index (χ0n) is 56.2. The summed E-state index contributed by atoms with van der Waals surface area (Å²) in [5, 5.41) is 23.3. The molecule has 83 heavy (non-hydrogen) atoms. The van der Waals surface area contributed by atoms with Crippen LogP contribution in [-0.4, -0.2) is 47.4 Å². The van der Waals surface area contributed by atoms with Crippen molar-refractivity contribution in [3.05, 3.63) is 36.5 Å². The minimum Gasteiger partial charge on any atom is -0.466 e. The van der Waals surface area contributed by atoms with Crippen molar-refractivity contribution < 1.29 is 24.5 Å². The Labute approximate surface area is 519 Å². The normalized spacial score (nSPS) is 12.7. The van der Waals surface area contributed by atoms with E-state index < -0.39 is 12.1 Å². The third-order valence-corrected chi connectivity index (χ3v) is 17.7. The van der Waals surface area contributed by atoms with Crippen LogP contribution >= 0.6 is 0 Å². The highest BCUT2D eigenvalue weighted by Gasteiger charge is 2.18. The third-order valence-electron chi connectivity index (χ3n) is 17.7. The first-order valence-electron chi connectivity index (χ1n) is 37.8. The number of allylic oxidation sites excluding steroid dienone is 5. The van der Waals surface area contributed by atoms with E-state index in [1.807, 2.05) is 6.08 Å². The minimum absolute atomic E-state index is 0.0146. The van der Waals surface area contributed by atoms with E-state index in [9.17, 15) is 19.8 Å².